The van der Waals surface area contributed by atoms with Gasteiger partial charge < -0.3 is 14.1 Å². The number of furan rings is 1. The van der Waals surface area contributed by atoms with Crippen LogP contribution in [0.1, 0.15) is 69.4 Å². The molecule has 0 atom stereocenters. The van der Waals surface area contributed by atoms with Gasteiger partial charge in [0, 0.05) is 48.4 Å². The van der Waals surface area contributed by atoms with Gasteiger partial charge in [-0.15, -0.1) is 11.3 Å². The number of benzene rings is 8. The van der Waals surface area contributed by atoms with Gasteiger partial charge in [-0.1, -0.05) is 144 Å². The standard InChI is InChI=1S/C61H53BN2OS/c1-36-31-37(2)54(38(3)32-36)40-33-48-44-28-30-52-55(45-19-13-15-21-51(45)65-52)57(44)64(43-26-23-41(24-27-43)60(4,5)6)62-56(48)50(34-40)63(58-46-20-14-16-22-53(46)66-59(58)62)49-29-25-42(61(7,8)9)35-47(49)39-17-11-10-12-18-39/h10-35H,1-9H3. The van der Waals surface area contributed by atoms with Crippen molar-refractivity contribution in [3.05, 3.63) is 186 Å². The number of hydrogen-bond acceptors (Lipinski definition) is 4. The number of thiophene rings is 1. The lowest BCUT2D eigenvalue weighted by molar-refractivity contribution is 0.590. The average molecular weight is 873 g/mol. The van der Waals surface area contributed by atoms with E-state index in [1.54, 1.807) is 0 Å². The Balaban J connectivity index is 1.27. The van der Waals surface area contributed by atoms with Gasteiger partial charge >= 0.3 is 6.85 Å². The highest BCUT2D eigenvalue weighted by molar-refractivity contribution is 7.32. The molecule has 2 aliphatic heterocycles. The molecule has 0 radical (unpaired) electrons. The number of para-hydroxylation sites is 1. The van der Waals surface area contributed by atoms with Gasteiger partial charge in [0.1, 0.15) is 11.2 Å². The summed E-state index contributed by atoms with van der Waals surface area (Å²) in [6, 6.07) is 59.6. The van der Waals surface area contributed by atoms with E-state index < -0.39 is 0 Å². The summed E-state index contributed by atoms with van der Waals surface area (Å²) in [5.74, 6) is 0. The highest BCUT2D eigenvalue weighted by Crippen LogP contribution is 2.55. The van der Waals surface area contributed by atoms with Crippen molar-refractivity contribution in [1.82, 2.24) is 0 Å². The molecule has 0 saturated carbocycles. The monoisotopic (exact) mass is 872 g/mol. The fourth-order valence-electron chi connectivity index (χ4n) is 11.2. The van der Waals surface area contributed by atoms with E-state index >= 15 is 0 Å². The number of aryl methyl sites for hydroxylation is 3. The number of rotatable bonds is 4. The predicted octanol–water partition coefficient (Wildman–Crippen LogP) is 16.4. The lowest BCUT2D eigenvalue weighted by Crippen LogP contribution is -2.60. The van der Waals surface area contributed by atoms with Crippen LogP contribution in [0.3, 0.4) is 0 Å². The molecule has 0 unspecified atom stereocenters. The van der Waals surface area contributed by atoms with Gasteiger partial charge in [0.2, 0.25) is 0 Å². The highest BCUT2D eigenvalue weighted by atomic mass is 32.1. The van der Waals surface area contributed by atoms with E-state index in [2.05, 4.69) is 230 Å². The molecule has 66 heavy (non-hydrogen) atoms. The van der Waals surface area contributed by atoms with Crippen molar-refractivity contribution in [2.75, 3.05) is 9.71 Å². The number of nitrogens with zero attached hydrogens (tertiary/aromatic N) is 2. The van der Waals surface area contributed by atoms with Crippen LogP contribution in [-0.4, -0.2) is 6.85 Å². The van der Waals surface area contributed by atoms with Crippen molar-refractivity contribution in [2.45, 2.75) is 73.1 Å². The number of hydrogen-bond donors (Lipinski definition) is 0. The SMILES string of the molecule is Cc1cc(C)c(-c2cc3c4c(c2)N(c2ccc(C(C)(C)C)cc2-c2ccccc2)c2c(sc5ccccc25)B4N(c2ccc(C(C)(C)C)cc2)c2c-3ccc3oc4ccccc4c23)c(C)c1. The molecule has 0 spiro atoms. The Hall–Kier alpha value is -6.82. The quantitative estimate of drug-likeness (QED) is 0.164. The third-order valence-corrected chi connectivity index (χ3v) is 15.4. The first kappa shape index (κ1) is 40.7. The summed E-state index contributed by atoms with van der Waals surface area (Å²) in [6.07, 6.45) is 0. The van der Waals surface area contributed by atoms with Crippen LogP contribution in [0, 0.1) is 20.8 Å². The smallest absolute Gasteiger partial charge is 0.343 e. The van der Waals surface area contributed by atoms with E-state index in [9.17, 15) is 0 Å². The second-order valence-electron chi connectivity index (χ2n) is 20.7. The molecule has 8 aromatic carbocycles. The van der Waals surface area contributed by atoms with Crippen LogP contribution >= 0.6 is 11.3 Å². The van der Waals surface area contributed by atoms with Crippen molar-refractivity contribution in [1.29, 1.82) is 0 Å². The molecular weight excluding hydrogens is 820 g/mol. The predicted molar refractivity (Wildman–Crippen MR) is 285 cm³/mol. The molecule has 3 nitrogen and oxygen atoms in total. The molecule has 2 aliphatic rings. The summed E-state index contributed by atoms with van der Waals surface area (Å²) in [7, 11) is 0. The molecular formula is C61H53BN2OS. The van der Waals surface area contributed by atoms with E-state index in [-0.39, 0.29) is 17.7 Å². The summed E-state index contributed by atoms with van der Waals surface area (Å²) in [4.78, 5) is 5.32. The molecule has 0 amide bonds. The Bertz CT molecular complexity index is 3580. The number of anilines is 5. The van der Waals surface area contributed by atoms with Gasteiger partial charge in [0.25, 0.3) is 0 Å². The minimum atomic E-state index is -0.144. The first-order valence-corrected chi connectivity index (χ1v) is 24.2. The Labute approximate surface area is 393 Å². The zero-order valence-corrected chi connectivity index (χ0v) is 40.1. The van der Waals surface area contributed by atoms with Crippen LogP contribution in [0.4, 0.5) is 28.4 Å². The second-order valence-corrected chi connectivity index (χ2v) is 21.8. The van der Waals surface area contributed by atoms with Gasteiger partial charge in [-0.25, -0.2) is 0 Å². The zero-order chi connectivity index (χ0) is 45.4. The van der Waals surface area contributed by atoms with Crippen molar-refractivity contribution in [2.24, 2.45) is 0 Å². The van der Waals surface area contributed by atoms with Crippen LogP contribution in [0.5, 0.6) is 0 Å². The van der Waals surface area contributed by atoms with Gasteiger partial charge in [0.05, 0.1) is 16.8 Å². The maximum Gasteiger partial charge on any atom is 0.343 e. The van der Waals surface area contributed by atoms with Crippen LogP contribution in [-0.2, 0) is 10.8 Å². The molecule has 0 bridgehead atoms. The largest absolute Gasteiger partial charge is 0.456 e. The highest BCUT2D eigenvalue weighted by Gasteiger charge is 2.48. The summed E-state index contributed by atoms with van der Waals surface area (Å²) >= 11 is 1.94. The van der Waals surface area contributed by atoms with Crippen LogP contribution in [0.15, 0.2) is 162 Å². The molecule has 322 valence electrons. The molecule has 0 fully saturated rings. The third kappa shape index (κ3) is 6.16. The summed E-state index contributed by atoms with van der Waals surface area (Å²) in [5.41, 5.74) is 23.0. The minimum Gasteiger partial charge on any atom is -0.456 e. The maximum absolute atomic E-state index is 6.75. The van der Waals surface area contributed by atoms with Gasteiger partial charge in [0.15, 0.2) is 0 Å². The fraction of sp³-hybridized carbons (Fsp3) is 0.180. The van der Waals surface area contributed by atoms with Crippen LogP contribution < -0.4 is 20.0 Å². The van der Waals surface area contributed by atoms with E-state index in [0.717, 1.165) is 27.6 Å². The van der Waals surface area contributed by atoms with E-state index in [4.69, 9.17) is 4.42 Å². The average Bonchev–Trinajstić information content (AvgIpc) is 3.87. The van der Waals surface area contributed by atoms with Gasteiger partial charge in [-0.2, -0.15) is 0 Å². The van der Waals surface area contributed by atoms with Crippen LogP contribution in [0.25, 0.3) is 65.4 Å². The molecule has 10 aromatic rings. The molecule has 0 N–H and O–H groups in total. The molecule has 12 rings (SSSR count). The first-order valence-electron chi connectivity index (χ1n) is 23.4. The normalized spacial score (nSPS) is 13.4. The Morgan fingerprint density at radius 1 is 0.515 bits per heavy atom. The molecule has 2 aromatic heterocycles. The summed E-state index contributed by atoms with van der Waals surface area (Å²) in [6.45, 7) is 20.5. The van der Waals surface area contributed by atoms with Crippen molar-refractivity contribution < 1.29 is 4.42 Å². The molecule has 0 aliphatic carbocycles. The van der Waals surface area contributed by atoms with Gasteiger partial charge in [-0.05, 0) is 142 Å². The topological polar surface area (TPSA) is 19.6 Å². The lowest BCUT2D eigenvalue weighted by atomic mass is 9.46. The molecule has 5 heteroatoms. The number of fused-ring (bicyclic) bond motifs is 10. The van der Waals surface area contributed by atoms with E-state index in [1.165, 1.54) is 104 Å². The van der Waals surface area contributed by atoms with Gasteiger partial charge in [-0.3, -0.25) is 0 Å². The Kier molecular flexibility index (Phi) is 8.99. The zero-order valence-electron chi connectivity index (χ0n) is 39.3. The van der Waals surface area contributed by atoms with Crippen molar-refractivity contribution in [3.63, 3.8) is 0 Å². The lowest BCUT2D eigenvalue weighted by Gasteiger charge is -2.45. The molecule has 4 heterocycles. The van der Waals surface area contributed by atoms with Crippen molar-refractivity contribution >= 4 is 88.9 Å². The Morgan fingerprint density at radius 2 is 1.18 bits per heavy atom. The van der Waals surface area contributed by atoms with E-state index in [1.807, 2.05) is 11.3 Å². The fourth-order valence-corrected chi connectivity index (χ4v) is 12.5. The summed E-state index contributed by atoms with van der Waals surface area (Å²) < 4.78 is 9.35. The minimum absolute atomic E-state index is 0.0117. The summed E-state index contributed by atoms with van der Waals surface area (Å²) in [5, 5.41) is 3.54. The first-order chi connectivity index (χ1) is 31.7. The molecule has 0 saturated heterocycles. The maximum atomic E-state index is 6.75. The van der Waals surface area contributed by atoms with E-state index in [0.29, 0.717) is 0 Å². The van der Waals surface area contributed by atoms with Crippen molar-refractivity contribution in [3.8, 4) is 33.4 Å². The third-order valence-electron chi connectivity index (χ3n) is 14.2. The second kappa shape index (κ2) is 14.6. The Morgan fingerprint density at radius 3 is 1.91 bits per heavy atom. The van der Waals surface area contributed by atoms with Crippen LogP contribution in [0.2, 0.25) is 0 Å².